The lowest BCUT2D eigenvalue weighted by atomic mass is 9.91. The minimum absolute atomic E-state index is 0.232. The largest absolute Gasteiger partial charge is 0.497 e. The van der Waals surface area contributed by atoms with E-state index in [-0.39, 0.29) is 11.1 Å². The number of ether oxygens (including phenoxy) is 2. The molecule has 1 fully saturated rings. The van der Waals surface area contributed by atoms with Gasteiger partial charge in [0.2, 0.25) is 0 Å². The highest BCUT2D eigenvalue weighted by atomic mass is 28.4. The van der Waals surface area contributed by atoms with Crippen molar-refractivity contribution < 1.29 is 13.9 Å². The van der Waals surface area contributed by atoms with E-state index in [9.17, 15) is 0 Å². The first-order chi connectivity index (χ1) is 16.1. The van der Waals surface area contributed by atoms with Crippen LogP contribution in [0.3, 0.4) is 0 Å². The summed E-state index contributed by atoms with van der Waals surface area (Å²) in [5.74, 6) is 0.902. The summed E-state index contributed by atoms with van der Waals surface area (Å²) in [7, 11) is -0.0168. The quantitative estimate of drug-likeness (QED) is 0.339. The molecule has 0 radical (unpaired) electrons. The van der Waals surface area contributed by atoms with Crippen LogP contribution in [0.2, 0.25) is 18.1 Å². The molecule has 0 spiro atoms. The Morgan fingerprint density at radius 3 is 2.24 bits per heavy atom. The standard InChI is InChI=1S/C29H45NO3Si/c1-23-28(32-22-25-11-9-8-10-12-25)18-15-26(19-20-33-34(6,7)29(2,3)4)30(23)21-24-13-16-27(31-5)17-14-24/h8-14,16-17,23,26,28H,15,18-22H2,1-7H3/t23-,26-,28+/m0/s1. The first-order valence-corrected chi connectivity index (χ1v) is 15.7. The SMILES string of the molecule is COc1ccc(CN2[C@H](CCO[Si](C)(C)C(C)(C)C)CC[C@@H](OCc3ccccc3)[C@@H]2C)cc1. The van der Waals surface area contributed by atoms with E-state index in [0.29, 0.717) is 18.7 Å². The van der Waals surface area contributed by atoms with Crippen LogP contribution in [0.25, 0.3) is 0 Å². The molecule has 5 heteroatoms. The highest BCUT2D eigenvalue weighted by Gasteiger charge is 2.38. The second-order valence-electron chi connectivity index (χ2n) is 11.2. The Morgan fingerprint density at radius 1 is 0.941 bits per heavy atom. The number of hydrogen-bond donors (Lipinski definition) is 0. The van der Waals surface area contributed by atoms with E-state index in [1.807, 2.05) is 0 Å². The molecule has 1 aliphatic rings. The van der Waals surface area contributed by atoms with Crippen molar-refractivity contribution in [3.8, 4) is 5.75 Å². The van der Waals surface area contributed by atoms with Crippen molar-refractivity contribution in [3.63, 3.8) is 0 Å². The number of nitrogens with zero attached hydrogens (tertiary/aromatic N) is 1. The van der Waals surface area contributed by atoms with Gasteiger partial charge in [-0.25, -0.2) is 0 Å². The first kappa shape index (κ1) is 26.9. The van der Waals surface area contributed by atoms with Crippen molar-refractivity contribution in [2.24, 2.45) is 0 Å². The zero-order valence-corrected chi connectivity index (χ0v) is 23.3. The average molecular weight is 484 g/mol. The van der Waals surface area contributed by atoms with Crippen LogP contribution in [0.15, 0.2) is 54.6 Å². The third-order valence-corrected chi connectivity index (χ3v) is 12.4. The molecule has 2 aromatic rings. The van der Waals surface area contributed by atoms with Gasteiger partial charge in [0, 0.05) is 25.2 Å². The summed E-state index contributed by atoms with van der Waals surface area (Å²) >= 11 is 0. The minimum Gasteiger partial charge on any atom is -0.497 e. The lowest BCUT2D eigenvalue weighted by Crippen LogP contribution is -2.53. The lowest BCUT2D eigenvalue weighted by molar-refractivity contribution is -0.0712. The summed E-state index contributed by atoms with van der Waals surface area (Å²) in [4.78, 5) is 2.65. The predicted molar refractivity (Wildman–Crippen MR) is 144 cm³/mol. The average Bonchev–Trinajstić information content (AvgIpc) is 2.81. The van der Waals surface area contributed by atoms with Gasteiger partial charge in [-0.3, -0.25) is 4.90 Å². The van der Waals surface area contributed by atoms with Crippen LogP contribution < -0.4 is 4.74 Å². The molecule has 0 N–H and O–H groups in total. The van der Waals surface area contributed by atoms with Gasteiger partial charge >= 0.3 is 0 Å². The third-order valence-electron chi connectivity index (χ3n) is 7.87. The summed E-state index contributed by atoms with van der Waals surface area (Å²) in [6.45, 7) is 16.4. The van der Waals surface area contributed by atoms with Crippen LogP contribution in [0, 0.1) is 0 Å². The smallest absolute Gasteiger partial charge is 0.191 e. The fourth-order valence-electron chi connectivity index (χ4n) is 4.50. The van der Waals surface area contributed by atoms with Gasteiger partial charge in [-0.2, -0.15) is 0 Å². The highest BCUT2D eigenvalue weighted by Crippen LogP contribution is 2.37. The van der Waals surface area contributed by atoms with E-state index in [0.717, 1.165) is 38.2 Å². The van der Waals surface area contributed by atoms with Gasteiger partial charge in [0.1, 0.15) is 5.75 Å². The number of piperidine rings is 1. The molecular weight excluding hydrogens is 438 g/mol. The molecule has 2 aromatic carbocycles. The van der Waals surface area contributed by atoms with E-state index in [2.05, 4.69) is 100 Å². The molecule has 0 saturated carbocycles. The zero-order valence-electron chi connectivity index (χ0n) is 22.3. The molecule has 0 aliphatic carbocycles. The second-order valence-corrected chi connectivity index (χ2v) is 16.0. The topological polar surface area (TPSA) is 30.9 Å². The monoisotopic (exact) mass is 483 g/mol. The van der Waals surface area contributed by atoms with Gasteiger partial charge in [0.15, 0.2) is 8.32 Å². The summed E-state index contributed by atoms with van der Waals surface area (Å²) in [5, 5.41) is 0.242. The molecule has 4 nitrogen and oxygen atoms in total. The fraction of sp³-hybridized carbons (Fsp3) is 0.586. The number of benzene rings is 2. The van der Waals surface area contributed by atoms with E-state index in [1.54, 1.807) is 7.11 Å². The van der Waals surface area contributed by atoms with Crippen LogP contribution in [-0.2, 0) is 22.3 Å². The molecule has 0 aromatic heterocycles. The van der Waals surface area contributed by atoms with Crippen molar-refractivity contribution in [1.82, 2.24) is 4.90 Å². The Hall–Kier alpha value is -1.66. The highest BCUT2D eigenvalue weighted by molar-refractivity contribution is 6.74. The summed E-state index contributed by atoms with van der Waals surface area (Å²) in [6.07, 6.45) is 3.54. The van der Waals surface area contributed by atoms with Crippen LogP contribution in [0.1, 0.15) is 58.1 Å². The maximum Gasteiger partial charge on any atom is 0.191 e. The molecule has 3 atom stereocenters. The lowest BCUT2D eigenvalue weighted by Gasteiger charge is -2.45. The van der Waals surface area contributed by atoms with Crippen LogP contribution >= 0.6 is 0 Å². The molecular formula is C29H45NO3Si. The van der Waals surface area contributed by atoms with E-state index in [4.69, 9.17) is 13.9 Å². The fourth-order valence-corrected chi connectivity index (χ4v) is 5.56. The number of rotatable bonds is 10. The number of hydrogen-bond acceptors (Lipinski definition) is 4. The molecule has 188 valence electrons. The summed E-state index contributed by atoms with van der Waals surface area (Å²) < 4.78 is 18.4. The molecule has 1 saturated heterocycles. The Labute approximate surface area is 208 Å². The normalized spacial score (nSPS) is 22.0. The molecule has 34 heavy (non-hydrogen) atoms. The van der Waals surface area contributed by atoms with Gasteiger partial charge in [-0.05, 0) is 67.6 Å². The molecule has 0 amide bonds. The third kappa shape index (κ3) is 7.17. The van der Waals surface area contributed by atoms with Gasteiger partial charge < -0.3 is 13.9 Å². The van der Waals surface area contributed by atoms with Crippen molar-refractivity contribution >= 4 is 8.32 Å². The van der Waals surface area contributed by atoms with Crippen molar-refractivity contribution in [2.45, 2.75) is 96.4 Å². The maximum absolute atomic E-state index is 6.56. The van der Waals surface area contributed by atoms with Crippen LogP contribution in [0.5, 0.6) is 5.75 Å². The second kappa shape index (κ2) is 11.8. The first-order valence-electron chi connectivity index (χ1n) is 12.8. The Kier molecular flexibility index (Phi) is 9.39. The summed E-state index contributed by atoms with van der Waals surface area (Å²) in [6, 6.07) is 19.8. The minimum atomic E-state index is -1.73. The van der Waals surface area contributed by atoms with E-state index < -0.39 is 8.32 Å². The van der Waals surface area contributed by atoms with Crippen LogP contribution in [-0.4, -0.2) is 45.1 Å². The summed E-state index contributed by atoms with van der Waals surface area (Å²) in [5.41, 5.74) is 2.55. The van der Waals surface area contributed by atoms with Gasteiger partial charge in [0.05, 0.1) is 19.8 Å². The van der Waals surface area contributed by atoms with Crippen molar-refractivity contribution in [2.75, 3.05) is 13.7 Å². The predicted octanol–water partition coefficient (Wildman–Crippen LogP) is 7.05. The van der Waals surface area contributed by atoms with Gasteiger partial charge in [-0.15, -0.1) is 0 Å². The number of methoxy groups -OCH3 is 1. The zero-order chi connectivity index (χ0) is 24.8. The molecule has 0 unspecified atom stereocenters. The van der Waals surface area contributed by atoms with Crippen molar-refractivity contribution in [1.29, 1.82) is 0 Å². The number of likely N-dealkylation sites (tertiary alicyclic amines) is 1. The van der Waals surface area contributed by atoms with Gasteiger partial charge in [-0.1, -0.05) is 63.2 Å². The maximum atomic E-state index is 6.56. The molecule has 1 heterocycles. The van der Waals surface area contributed by atoms with Gasteiger partial charge in [0.25, 0.3) is 0 Å². The molecule has 0 bridgehead atoms. The Morgan fingerprint density at radius 2 is 1.62 bits per heavy atom. The molecule has 1 aliphatic heterocycles. The Bertz CT molecular complexity index is 863. The van der Waals surface area contributed by atoms with Crippen LogP contribution in [0.4, 0.5) is 0 Å². The van der Waals surface area contributed by atoms with Crippen molar-refractivity contribution in [3.05, 3.63) is 65.7 Å². The van der Waals surface area contributed by atoms with E-state index >= 15 is 0 Å². The Balaban J connectivity index is 1.68. The molecule has 3 rings (SSSR count). The van der Waals surface area contributed by atoms with E-state index in [1.165, 1.54) is 11.1 Å².